The zero-order chi connectivity index (χ0) is 15.5. The molecule has 1 heterocycles. The molecule has 0 aliphatic carbocycles. The van der Waals surface area contributed by atoms with E-state index < -0.39 is 11.7 Å². The molecule has 0 aliphatic rings. The Labute approximate surface area is 120 Å². The maximum atomic E-state index is 13.0. The van der Waals surface area contributed by atoms with Gasteiger partial charge in [-0.05, 0) is 35.5 Å². The first kappa shape index (κ1) is 15.4. The maximum absolute atomic E-state index is 13.0. The average molecular weight is 299 g/mol. The number of halogens is 3. The molecule has 5 nitrogen and oxygen atoms in total. The summed E-state index contributed by atoms with van der Waals surface area (Å²) < 4.78 is 40.3. The quantitative estimate of drug-likeness (QED) is 0.921. The minimum absolute atomic E-state index is 0.0201. The standard InChI is InChI=1S/C13H16F3N5/c1-3-17-9(2)12-18-19-20-21(12)8-10-6-4-5-7-11(10)13(14,15)16/h4-7,9,17H,3,8H2,1-2H3. The fraction of sp³-hybridized carbons (Fsp3) is 0.462. The lowest BCUT2D eigenvalue weighted by Gasteiger charge is -2.15. The van der Waals surface area contributed by atoms with Crippen LogP contribution in [0.2, 0.25) is 0 Å². The van der Waals surface area contributed by atoms with Gasteiger partial charge in [0.15, 0.2) is 5.82 Å². The summed E-state index contributed by atoms with van der Waals surface area (Å²) >= 11 is 0. The van der Waals surface area contributed by atoms with Crippen molar-refractivity contribution in [2.24, 2.45) is 0 Å². The highest BCUT2D eigenvalue weighted by Gasteiger charge is 2.33. The van der Waals surface area contributed by atoms with Crippen molar-refractivity contribution in [3.63, 3.8) is 0 Å². The highest BCUT2D eigenvalue weighted by molar-refractivity contribution is 5.29. The minimum Gasteiger partial charge on any atom is -0.308 e. The molecule has 1 atom stereocenters. The third kappa shape index (κ3) is 3.57. The topological polar surface area (TPSA) is 55.6 Å². The van der Waals surface area contributed by atoms with E-state index in [1.165, 1.54) is 16.8 Å². The summed E-state index contributed by atoms with van der Waals surface area (Å²) in [4.78, 5) is 0. The molecule has 8 heteroatoms. The second-order valence-corrected chi connectivity index (χ2v) is 4.63. The SMILES string of the molecule is CCNC(C)c1nnnn1Cc1ccccc1C(F)(F)F. The molecule has 1 unspecified atom stereocenters. The lowest BCUT2D eigenvalue weighted by Crippen LogP contribution is -2.23. The molecule has 0 saturated carbocycles. The number of hydrogen-bond donors (Lipinski definition) is 1. The second kappa shape index (κ2) is 6.21. The van der Waals surface area contributed by atoms with Gasteiger partial charge >= 0.3 is 6.18 Å². The molecule has 0 aliphatic heterocycles. The first-order valence-corrected chi connectivity index (χ1v) is 6.58. The summed E-state index contributed by atoms with van der Waals surface area (Å²) in [5, 5.41) is 14.4. The molecule has 1 N–H and O–H groups in total. The van der Waals surface area contributed by atoms with Gasteiger partial charge < -0.3 is 5.32 Å². The van der Waals surface area contributed by atoms with Crippen molar-refractivity contribution in [1.82, 2.24) is 25.5 Å². The fourth-order valence-corrected chi connectivity index (χ4v) is 2.13. The predicted octanol–water partition coefficient (Wildman–Crippen LogP) is 2.41. The van der Waals surface area contributed by atoms with Gasteiger partial charge in [0.05, 0.1) is 18.2 Å². The van der Waals surface area contributed by atoms with Crippen LogP contribution in [0.1, 0.15) is 36.8 Å². The normalized spacial score (nSPS) is 13.4. The maximum Gasteiger partial charge on any atom is 0.416 e. The van der Waals surface area contributed by atoms with E-state index in [-0.39, 0.29) is 18.2 Å². The first-order valence-electron chi connectivity index (χ1n) is 6.58. The van der Waals surface area contributed by atoms with Crippen LogP contribution in [0.4, 0.5) is 13.2 Å². The number of nitrogens with zero attached hydrogens (tertiary/aromatic N) is 4. The van der Waals surface area contributed by atoms with E-state index in [1.54, 1.807) is 6.07 Å². The third-order valence-electron chi connectivity index (χ3n) is 3.10. The van der Waals surface area contributed by atoms with E-state index in [9.17, 15) is 13.2 Å². The second-order valence-electron chi connectivity index (χ2n) is 4.63. The van der Waals surface area contributed by atoms with Crippen LogP contribution >= 0.6 is 0 Å². The molecular weight excluding hydrogens is 283 g/mol. The van der Waals surface area contributed by atoms with Gasteiger partial charge in [-0.1, -0.05) is 25.1 Å². The zero-order valence-corrected chi connectivity index (χ0v) is 11.7. The lowest BCUT2D eigenvalue weighted by atomic mass is 10.1. The number of benzene rings is 1. The van der Waals surface area contributed by atoms with Crippen LogP contribution < -0.4 is 5.32 Å². The van der Waals surface area contributed by atoms with Crippen molar-refractivity contribution in [2.75, 3.05) is 6.54 Å². The number of tetrazole rings is 1. The molecule has 2 rings (SSSR count). The zero-order valence-electron chi connectivity index (χ0n) is 11.7. The Bertz CT molecular complexity index is 593. The average Bonchev–Trinajstić information content (AvgIpc) is 2.86. The smallest absolute Gasteiger partial charge is 0.308 e. The summed E-state index contributed by atoms with van der Waals surface area (Å²) in [6, 6.07) is 5.30. The number of nitrogens with one attached hydrogen (secondary N) is 1. The van der Waals surface area contributed by atoms with Crippen molar-refractivity contribution in [3.8, 4) is 0 Å². The van der Waals surface area contributed by atoms with E-state index in [0.717, 1.165) is 6.07 Å². The highest BCUT2D eigenvalue weighted by atomic mass is 19.4. The summed E-state index contributed by atoms with van der Waals surface area (Å²) in [5.74, 6) is 0.508. The molecule has 0 bridgehead atoms. The Morgan fingerprint density at radius 1 is 1.29 bits per heavy atom. The van der Waals surface area contributed by atoms with Gasteiger partial charge in [-0.15, -0.1) is 5.10 Å². The Morgan fingerprint density at radius 2 is 2.00 bits per heavy atom. The summed E-state index contributed by atoms with van der Waals surface area (Å²) in [6.45, 7) is 4.49. The molecule has 114 valence electrons. The number of alkyl halides is 3. The van der Waals surface area contributed by atoms with Crippen LogP contribution in [0.5, 0.6) is 0 Å². The Balaban J connectivity index is 2.30. The molecule has 0 fully saturated rings. The van der Waals surface area contributed by atoms with E-state index in [2.05, 4.69) is 20.8 Å². The van der Waals surface area contributed by atoms with Gasteiger partial charge in [-0.2, -0.15) is 13.2 Å². The molecule has 0 spiro atoms. The Morgan fingerprint density at radius 3 is 2.67 bits per heavy atom. The number of rotatable bonds is 5. The minimum atomic E-state index is -4.39. The summed E-state index contributed by atoms with van der Waals surface area (Å²) in [6.07, 6.45) is -4.39. The van der Waals surface area contributed by atoms with E-state index >= 15 is 0 Å². The van der Waals surface area contributed by atoms with Gasteiger partial charge in [0.2, 0.25) is 0 Å². The van der Waals surface area contributed by atoms with Crippen molar-refractivity contribution >= 4 is 0 Å². The first-order chi connectivity index (χ1) is 9.93. The molecular formula is C13H16F3N5. The molecule has 1 aromatic carbocycles. The van der Waals surface area contributed by atoms with Crippen LogP contribution in [0.15, 0.2) is 24.3 Å². The van der Waals surface area contributed by atoms with E-state index in [0.29, 0.717) is 12.4 Å². The van der Waals surface area contributed by atoms with Crippen LogP contribution in [0.3, 0.4) is 0 Å². The van der Waals surface area contributed by atoms with Gasteiger partial charge in [-0.25, -0.2) is 4.68 Å². The molecule has 0 radical (unpaired) electrons. The van der Waals surface area contributed by atoms with Gasteiger partial charge in [0.1, 0.15) is 0 Å². The Kier molecular flexibility index (Phi) is 4.56. The molecule has 1 aromatic heterocycles. The Hall–Kier alpha value is -1.96. The van der Waals surface area contributed by atoms with Gasteiger partial charge in [0.25, 0.3) is 0 Å². The fourth-order valence-electron chi connectivity index (χ4n) is 2.13. The van der Waals surface area contributed by atoms with Crippen molar-refractivity contribution < 1.29 is 13.2 Å². The van der Waals surface area contributed by atoms with Crippen LogP contribution in [0, 0.1) is 0 Å². The van der Waals surface area contributed by atoms with Crippen LogP contribution in [0.25, 0.3) is 0 Å². The molecule has 21 heavy (non-hydrogen) atoms. The van der Waals surface area contributed by atoms with Crippen molar-refractivity contribution in [1.29, 1.82) is 0 Å². The largest absolute Gasteiger partial charge is 0.416 e. The summed E-state index contributed by atoms with van der Waals surface area (Å²) in [5.41, 5.74) is -0.523. The number of hydrogen-bond acceptors (Lipinski definition) is 4. The van der Waals surface area contributed by atoms with Crippen molar-refractivity contribution in [3.05, 3.63) is 41.2 Å². The van der Waals surface area contributed by atoms with Gasteiger partial charge in [0, 0.05) is 0 Å². The lowest BCUT2D eigenvalue weighted by molar-refractivity contribution is -0.138. The molecule has 2 aromatic rings. The van der Waals surface area contributed by atoms with Crippen molar-refractivity contribution in [2.45, 2.75) is 32.6 Å². The van der Waals surface area contributed by atoms with E-state index in [4.69, 9.17) is 0 Å². The number of aromatic nitrogens is 4. The summed E-state index contributed by atoms with van der Waals surface area (Å²) in [7, 11) is 0. The monoisotopic (exact) mass is 299 g/mol. The van der Waals surface area contributed by atoms with E-state index in [1.807, 2.05) is 13.8 Å². The molecule has 0 saturated heterocycles. The van der Waals surface area contributed by atoms with Gasteiger partial charge in [-0.3, -0.25) is 0 Å². The third-order valence-corrected chi connectivity index (χ3v) is 3.10. The van der Waals surface area contributed by atoms with Crippen LogP contribution in [-0.2, 0) is 12.7 Å². The predicted molar refractivity (Wildman–Crippen MR) is 70.5 cm³/mol. The molecule has 0 amide bonds. The van der Waals surface area contributed by atoms with Crippen LogP contribution in [-0.4, -0.2) is 26.8 Å². The highest BCUT2D eigenvalue weighted by Crippen LogP contribution is 2.32.